The number of hydrogen-bond donors (Lipinski definition) is 0. The van der Waals surface area contributed by atoms with Crippen LogP contribution in [-0.4, -0.2) is 10.8 Å². The minimum atomic E-state index is -0.592. The quantitative estimate of drug-likeness (QED) is 0.431. The number of allylic oxidation sites excluding steroid dienone is 2. The van der Waals surface area contributed by atoms with E-state index >= 15 is 0 Å². The summed E-state index contributed by atoms with van der Waals surface area (Å²) in [6, 6.07) is 2.76. The van der Waals surface area contributed by atoms with E-state index in [-0.39, 0.29) is 5.78 Å². The fourth-order valence-corrected chi connectivity index (χ4v) is 1.80. The van der Waals surface area contributed by atoms with Crippen molar-refractivity contribution in [2.24, 2.45) is 5.92 Å². The Bertz CT molecular complexity index is 392. The number of pyridine rings is 1. The van der Waals surface area contributed by atoms with Gasteiger partial charge in [0.15, 0.2) is 5.78 Å². The number of rotatable bonds is 3. The van der Waals surface area contributed by atoms with E-state index in [1.54, 1.807) is 6.07 Å². The normalized spacial score (nSPS) is 15.8. The van der Waals surface area contributed by atoms with Crippen LogP contribution in [0.25, 0.3) is 0 Å². The average molecular weight is 205 g/mol. The van der Waals surface area contributed by atoms with Gasteiger partial charge in [-0.15, -0.1) is 0 Å². The van der Waals surface area contributed by atoms with Gasteiger partial charge < -0.3 is 0 Å². The first-order valence-corrected chi connectivity index (χ1v) is 5.05. The standard InChI is InChI=1S/C12H12FNO/c13-12-8-10(5-6-14-12)11(15)7-9-3-1-2-4-9/h1-2,5-6,8-9H,3-4,7H2. The molecule has 0 spiro atoms. The Hall–Kier alpha value is -1.51. The first-order valence-electron chi connectivity index (χ1n) is 5.05. The monoisotopic (exact) mass is 205 g/mol. The maximum absolute atomic E-state index is 12.8. The molecule has 1 heterocycles. The van der Waals surface area contributed by atoms with Gasteiger partial charge in [0.2, 0.25) is 5.95 Å². The van der Waals surface area contributed by atoms with Crippen molar-refractivity contribution < 1.29 is 9.18 Å². The number of aromatic nitrogens is 1. The molecule has 0 N–H and O–H groups in total. The number of halogens is 1. The highest BCUT2D eigenvalue weighted by Crippen LogP contribution is 2.23. The highest BCUT2D eigenvalue weighted by Gasteiger charge is 2.16. The smallest absolute Gasteiger partial charge is 0.213 e. The van der Waals surface area contributed by atoms with E-state index in [0.29, 0.717) is 17.9 Å². The number of carbonyl (C=O) groups is 1. The van der Waals surface area contributed by atoms with Crippen molar-refractivity contribution in [3.63, 3.8) is 0 Å². The van der Waals surface area contributed by atoms with E-state index in [2.05, 4.69) is 17.1 Å². The van der Waals surface area contributed by atoms with Gasteiger partial charge in [-0.05, 0) is 24.8 Å². The third-order valence-electron chi connectivity index (χ3n) is 2.63. The lowest BCUT2D eigenvalue weighted by Gasteiger charge is -2.07. The van der Waals surface area contributed by atoms with Crippen molar-refractivity contribution in [2.75, 3.05) is 0 Å². The van der Waals surface area contributed by atoms with Crippen LogP contribution in [0, 0.1) is 11.9 Å². The Morgan fingerprint density at radius 2 is 2.20 bits per heavy atom. The van der Waals surface area contributed by atoms with Crippen LogP contribution >= 0.6 is 0 Å². The lowest BCUT2D eigenvalue weighted by atomic mass is 9.97. The lowest BCUT2D eigenvalue weighted by molar-refractivity contribution is 0.0962. The molecule has 3 heteroatoms. The van der Waals surface area contributed by atoms with Crippen molar-refractivity contribution in [1.29, 1.82) is 0 Å². The van der Waals surface area contributed by atoms with Gasteiger partial charge in [0, 0.05) is 24.2 Å². The van der Waals surface area contributed by atoms with Crippen molar-refractivity contribution >= 4 is 5.78 Å². The van der Waals surface area contributed by atoms with Crippen LogP contribution in [0.2, 0.25) is 0 Å². The fraction of sp³-hybridized carbons (Fsp3) is 0.333. The van der Waals surface area contributed by atoms with Crippen LogP contribution in [0.4, 0.5) is 4.39 Å². The van der Waals surface area contributed by atoms with Crippen molar-refractivity contribution in [3.8, 4) is 0 Å². The zero-order valence-corrected chi connectivity index (χ0v) is 8.32. The zero-order chi connectivity index (χ0) is 10.7. The molecule has 1 aliphatic carbocycles. The van der Waals surface area contributed by atoms with Gasteiger partial charge in [0.1, 0.15) is 0 Å². The molecule has 0 fully saturated rings. The zero-order valence-electron chi connectivity index (χ0n) is 8.32. The Balaban J connectivity index is 2.01. The molecule has 0 atom stereocenters. The molecule has 1 aromatic heterocycles. The van der Waals surface area contributed by atoms with E-state index in [9.17, 15) is 9.18 Å². The number of nitrogens with zero attached hydrogens (tertiary/aromatic N) is 1. The molecule has 0 unspecified atom stereocenters. The maximum atomic E-state index is 12.8. The highest BCUT2D eigenvalue weighted by atomic mass is 19.1. The molecule has 2 rings (SSSR count). The predicted molar refractivity (Wildman–Crippen MR) is 55.0 cm³/mol. The molecule has 0 bridgehead atoms. The van der Waals surface area contributed by atoms with Crippen molar-refractivity contribution in [3.05, 3.63) is 42.0 Å². The van der Waals surface area contributed by atoms with E-state index < -0.39 is 5.95 Å². The van der Waals surface area contributed by atoms with Gasteiger partial charge in [0.25, 0.3) is 0 Å². The molecular weight excluding hydrogens is 193 g/mol. The molecule has 1 aromatic rings. The van der Waals surface area contributed by atoms with E-state index in [1.165, 1.54) is 12.3 Å². The molecule has 0 aromatic carbocycles. The molecule has 0 saturated heterocycles. The summed E-state index contributed by atoms with van der Waals surface area (Å²) < 4.78 is 12.8. The van der Waals surface area contributed by atoms with Gasteiger partial charge in [-0.3, -0.25) is 4.79 Å². The van der Waals surface area contributed by atoms with E-state index in [1.807, 2.05) is 0 Å². The SMILES string of the molecule is O=C(CC1CC=CC1)c1ccnc(F)c1. The summed E-state index contributed by atoms with van der Waals surface area (Å²) in [5.41, 5.74) is 0.425. The molecule has 0 radical (unpaired) electrons. The Morgan fingerprint density at radius 3 is 2.87 bits per heavy atom. The maximum Gasteiger partial charge on any atom is 0.213 e. The van der Waals surface area contributed by atoms with Crippen LogP contribution in [0.15, 0.2) is 30.5 Å². The number of ketones is 1. The second-order valence-electron chi connectivity index (χ2n) is 3.80. The third-order valence-corrected chi connectivity index (χ3v) is 2.63. The Morgan fingerprint density at radius 1 is 1.47 bits per heavy atom. The summed E-state index contributed by atoms with van der Waals surface area (Å²) in [6.07, 6.45) is 7.92. The first kappa shape index (κ1) is 10.0. The summed E-state index contributed by atoms with van der Waals surface area (Å²) in [5, 5.41) is 0. The van der Waals surface area contributed by atoms with E-state index in [0.717, 1.165) is 12.8 Å². The highest BCUT2D eigenvalue weighted by molar-refractivity contribution is 5.96. The Kier molecular flexibility index (Phi) is 2.90. The molecule has 15 heavy (non-hydrogen) atoms. The van der Waals surface area contributed by atoms with Gasteiger partial charge >= 0.3 is 0 Å². The van der Waals surface area contributed by atoms with Crippen LogP contribution in [0.3, 0.4) is 0 Å². The topological polar surface area (TPSA) is 30.0 Å². The summed E-state index contributed by atoms with van der Waals surface area (Å²) >= 11 is 0. The summed E-state index contributed by atoms with van der Waals surface area (Å²) in [7, 11) is 0. The molecule has 0 amide bonds. The lowest BCUT2D eigenvalue weighted by Crippen LogP contribution is -2.06. The third kappa shape index (κ3) is 2.49. The number of carbonyl (C=O) groups excluding carboxylic acids is 1. The summed E-state index contributed by atoms with van der Waals surface area (Å²) in [6.45, 7) is 0. The van der Waals surface area contributed by atoms with Crippen LogP contribution in [-0.2, 0) is 0 Å². The largest absolute Gasteiger partial charge is 0.294 e. The van der Waals surface area contributed by atoms with Gasteiger partial charge in [-0.25, -0.2) is 4.98 Å². The first-order chi connectivity index (χ1) is 7.25. The summed E-state index contributed by atoms with van der Waals surface area (Å²) in [4.78, 5) is 15.2. The van der Waals surface area contributed by atoms with Gasteiger partial charge in [-0.2, -0.15) is 4.39 Å². The van der Waals surface area contributed by atoms with Crippen molar-refractivity contribution in [2.45, 2.75) is 19.3 Å². The van der Waals surface area contributed by atoms with Crippen LogP contribution in [0.1, 0.15) is 29.6 Å². The number of Topliss-reactive ketones (excluding diaryl/α,β-unsaturated/α-hetero) is 1. The minimum Gasteiger partial charge on any atom is -0.294 e. The Labute approximate surface area is 87.8 Å². The number of hydrogen-bond acceptors (Lipinski definition) is 2. The van der Waals surface area contributed by atoms with E-state index in [4.69, 9.17) is 0 Å². The minimum absolute atomic E-state index is 0.00463. The second kappa shape index (κ2) is 4.34. The molecule has 0 aliphatic heterocycles. The predicted octanol–water partition coefficient (Wildman–Crippen LogP) is 2.76. The van der Waals surface area contributed by atoms with Crippen LogP contribution < -0.4 is 0 Å². The molecule has 1 aliphatic rings. The molecule has 0 saturated carbocycles. The van der Waals surface area contributed by atoms with Crippen LogP contribution in [0.5, 0.6) is 0 Å². The molecule has 78 valence electrons. The van der Waals surface area contributed by atoms with Crippen molar-refractivity contribution in [1.82, 2.24) is 4.98 Å². The molecule has 2 nitrogen and oxygen atoms in total. The second-order valence-corrected chi connectivity index (χ2v) is 3.80. The van der Waals surface area contributed by atoms with Gasteiger partial charge in [0.05, 0.1) is 0 Å². The van der Waals surface area contributed by atoms with Gasteiger partial charge in [-0.1, -0.05) is 12.2 Å². The fourth-order valence-electron chi connectivity index (χ4n) is 1.80. The average Bonchev–Trinajstić information content (AvgIpc) is 2.70. The summed E-state index contributed by atoms with van der Waals surface area (Å²) in [5.74, 6) is -0.191. The molecular formula is C12H12FNO.